The van der Waals surface area contributed by atoms with Crippen molar-refractivity contribution in [3.8, 4) is 0 Å². The number of nitrogens with one attached hydrogen (secondary N) is 1. The summed E-state index contributed by atoms with van der Waals surface area (Å²) in [6.45, 7) is 16.1. The van der Waals surface area contributed by atoms with Crippen LogP contribution in [0.5, 0.6) is 0 Å². The maximum absolute atomic E-state index is 13.7. The molecule has 5 aliphatic carbocycles. The largest absolute Gasteiger partial charge is 0.461 e. The van der Waals surface area contributed by atoms with Crippen LogP contribution in [0.3, 0.4) is 0 Å². The normalized spacial score (nSPS) is 53.8. The molecule has 0 aromatic heterocycles. The van der Waals surface area contributed by atoms with Crippen LogP contribution in [0.15, 0.2) is 11.6 Å². The fourth-order valence-corrected chi connectivity index (χ4v) is 15.4. The Morgan fingerprint density at radius 1 is 0.773 bits per heavy atom. The molecule has 4 saturated heterocycles. The van der Waals surface area contributed by atoms with Gasteiger partial charge in [0, 0.05) is 18.8 Å². The third-order valence-corrected chi connectivity index (χ3v) is 19.4. The van der Waals surface area contributed by atoms with E-state index < -0.39 is 115 Å². The number of allylic oxidation sites excluding steroid dienone is 2. The molecule has 4 aliphatic heterocycles. The van der Waals surface area contributed by atoms with Crippen molar-refractivity contribution in [2.24, 2.45) is 50.2 Å². The first-order chi connectivity index (χ1) is 30.8. The predicted molar refractivity (Wildman–Crippen MR) is 229 cm³/mol. The van der Waals surface area contributed by atoms with E-state index in [1.54, 1.807) is 0 Å². The van der Waals surface area contributed by atoms with Gasteiger partial charge in [-0.2, -0.15) is 0 Å². The maximum atomic E-state index is 13.7. The number of aliphatic hydroxyl groups excluding tert-OH is 8. The van der Waals surface area contributed by atoms with E-state index in [1.807, 2.05) is 0 Å². The molecule has 0 aromatic carbocycles. The van der Waals surface area contributed by atoms with Crippen LogP contribution in [0, 0.1) is 50.2 Å². The van der Waals surface area contributed by atoms with Gasteiger partial charge in [0.05, 0.1) is 32.0 Å². The molecule has 9 rings (SSSR count). The fourth-order valence-electron chi connectivity index (χ4n) is 15.4. The van der Waals surface area contributed by atoms with E-state index in [0.717, 1.165) is 32.1 Å². The monoisotopic (exact) mass is 938 g/mol. The van der Waals surface area contributed by atoms with Gasteiger partial charge in [0.1, 0.15) is 72.5 Å². The fraction of sp³-hybridized carbons (Fsp3) is 0.917. The molecule has 18 nitrogen and oxygen atoms in total. The summed E-state index contributed by atoms with van der Waals surface area (Å²) >= 11 is 0. The lowest BCUT2D eigenvalue weighted by molar-refractivity contribution is -0.352. The summed E-state index contributed by atoms with van der Waals surface area (Å²) in [5.41, 5.74) is -0.823. The quantitative estimate of drug-likeness (QED) is 0.0914. The predicted octanol–water partition coefficient (Wildman–Crippen LogP) is 0.550. The van der Waals surface area contributed by atoms with Gasteiger partial charge >= 0.3 is 5.97 Å². The second-order valence-electron chi connectivity index (χ2n) is 23.6. The lowest BCUT2D eigenvalue weighted by Crippen LogP contribution is -2.68. The van der Waals surface area contributed by atoms with E-state index in [1.165, 1.54) is 12.5 Å². The lowest BCUT2D eigenvalue weighted by Gasteiger charge is -2.71. The summed E-state index contributed by atoms with van der Waals surface area (Å²) in [5, 5.41) is 89.8. The number of amides is 1. The molecule has 1 spiro atoms. The Bertz CT molecular complexity index is 1900. The van der Waals surface area contributed by atoms with Gasteiger partial charge in [-0.05, 0) is 84.4 Å². The minimum absolute atomic E-state index is 0.0769. The molecule has 8 fully saturated rings. The number of hydrogen-bond acceptors (Lipinski definition) is 17. The number of carbonyl (C=O) groups is 2. The van der Waals surface area contributed by atoms with Crippen LogP contribution in [-0.2, 0) is 42.7 Å². The van der Waals surface area contributed by atoms with E-state index in [0.29, 0.717) is 19.3 Å². The van der Waals surface area contributed by atoms with Crippen molar-refractivity contribution in [1.82, 2.24) is 5.32 Å². The van der Waals surface area contributed by atoms with Crippen LogP contribution in [0.1, 0.15) is 107 Å². The van der Waals surface area contributed by atoms with Crippen molar-refractivity contribution < 1.29 is 83.6 Å². The van der Waals surface area contributed by atoms with Gasteiger partial charge in [0.25, 0.3) is 0 Å². The van der Waals surface area contributed by atoms with Crippen LogP contribution in [-0.4, -0.2) is 171 Å². The highest BCUT2D eigenvalue weighted by Gasteiger charge is 2.74. The van der Waals surface area contributed by atoms with Crippen molar-refractivity contribution in [3.63, 3.8) is 0 Å². The van der Waals surface area contributed by atoms with Crippen molar-refractivity contribution in [1.29, 1.82) is 0 Å². The van der Waals surface area contributed by atoms with E-state index >= 15 is 0 Å². The summed E-state index contributed by atoms with van der Waals surface area (Å²) < 4.78 is 42.1. The maximum Gasteiger partial charge on any atom is 0.315 e. The summed E-state index contributed by atoms with van der Waals surface area (Å²) in [5.74, 6) is -0.317. The number of hydrogen-bond donors (Lipinski definition) is 9. The van der Waals surface area contributed by atoms with E-state index in [9.17, 15) is 50.4 Å². The second-order valence-corrected chi connectivity index (χ2v) is 23.6. The Kier molecular flexibility index (Phi) is 12.6. The molecule has 23 atom stereocenters. The molecule has 4 saturated carbocycles. The number of rotatable bonds is 8. The molecular weight excluding hydrogens is 863 g/mol. The molecule has 18 heteroatoms. The highest BCUT2D eigenvalue weighted by atomic mass is 16.8. The van der Waals surface area contributed by atoms with Crippen LogP contribution in [0.4, 0.5) is 0 Å². The molecule has 0 unspecified atom stereocenters. The van der Waals surface area contributed by atoms with Crippen LogP contribution in [0.2, 0.25) is 0 Å². The van der Waals surface area contributed by atoms with Gasteiger partial charge in [-0.1, -0.05) is 60.1 Å². The standard InChI is InChI=1S/C48H75NO17/c1-21(50)49-32-36(57)35(56)26(20-62-41-38(34(55)25(52)19-61-41)66-40-37(58)33(54)24(51)18-60-40)63-39(32)64-30-12-13-45(6)27(44(30,4)5)11-14-46(7)28(45)10-9-22-23-15-43(2,3)31-17-48(23,42(59)65-31)29(53)16-47(22,46)8/h9,23-41,51-58H,10-20H2,1-8H3,(H,49,50)/t23-,24-,25-,26+,27-,28+,29+,30-,31-,32+,33-,34-,35+,36+,37+,38+,39-,40-,41-,45-,46+,47+,48+/m0/s1. The van der Waals surface area contributed by atoms with Crippen molar-refractivity contribution in [2.45, 2.75) is 205 Å². The molecule has 374 valence electrons. The van der Waals surface area contributed by atoms with Gasteiger partial charge in [0.15, 0.2) is 18.9 Å². The Hall–Kier alpha value is -1.88. The van der Waals surface area contributed by atoms with E-state index in [2.05, 4.69) is 59.9 Å². The molecule has 1 amide bonds. The van der Waals surface area contributed by atoms with Crippen molar-refractivity contribution >= 4 is 11.9 Å². The zero-order chi connectivity index (χ0) is 47.8. The summed E-state index contributed by atoms with van der Waals surface area (Å²) in [7, 11) is 0. The average Bonchev–Trinajstić information content (AvgIpc) is 3.57. The molecular formula is C48H75NO17. The lowest BCUT2D eigenvalue weighted by atomic mass is 9.33. The Balaban J connectivity index is 0.925. The SMILES string of the molecule is CC(=O)N[C@H]1[C@H](O[C@H]2CC[C@]3(C)[C@H]4CC=C5[C@@H]6CC(C)(C)[C@@H]7C[C@]6(C(=O)O7)[C@H](O)C[C@@]5(C)[C@]4(C)CC[C@H]3C2(C)C)O[C@H](CO[C@@H]2OC[C@H](O)[C@H](O)[C@H]2O[C@@H]2OC[C@H](O)[C@H](O)[C@H]2O)[C@@H](O)[C@@H]1O. The molecule has 66 heavy (non-hydrogen) atoms. The second kappa shape index (κ2) is 16.9. The molecule has 0 radical (unpaired) electrons. The summed E-state index contributed by atoms with van der Waals surface area (Å²) in [6.07, 6.45) is -10.7. The van der Waals surface area contributed by atoms with Crippen molar-refractivity contribution in [3.05, 3.63) is 11.6 Å². The third-order valence-electron chi connectivity index (χ3n) is 19.4. The molecule has 9 aliphatic rings. The van der Waals surface area contributed by atoms with E-state index in [-0.39, 0.29) is 64.7 Å². The van der Waals surface area contributed by atoms with Crippen LogP contribution < -0.4 is 5.32 Å². The van der Waals surface area contributed by atoms with E-state index in [4.69, 9.17) is 33.2 Å². The minimum atomic E-state index is -1.71. The van der Waals surface area contributed by atoms with Crippen LogP contribution in [0.25, 0.3) is 0 Å². The number of ether oxygens (including phenoxy) is 7. The van der Waals surface area contributed by atoms with Gasteiger partial charge in [-0.3, -0.25) is 9.59 Å². The number of carbonyl (C=O) groups excluding carboxylic acids is 2. The molecule has 2 bridgehead atoms. The molecule has 9 N–H and O–H groups in total. The van der Waals surface area contributed by atoms with Gasteiger partial charge in [-0.15, -0.1) is 0 Å². The zero-order valence-electron chi connectivity index (χ0n) is 39.6. The first-order valence-corrected chi connectivity index (χ1v) is 24.3. The first kappa shape index (κ1) is 49.1. The first-order valence-electron chi connectivity index (χ1n) is 24.3. The molecule has 0 aromatic rings. The van der Waals surface area contributed by atoms with Gasteiger partial charge in [0.2, 0.25) is 5.91 Å². The zero-order valence-corrected chi connectivity index (χ0v) is 39.6. The highest BCUT2D eigenvalue weighted by molar-refractivity contribution is 5.82. The minimum Gasteiger partial charge on any atom is -0.461 e. The van der Waals surface area contributed by atoms with Crippen molar-refractivity contribution in [2.75, 3.05) is 19.8 Å². The number of fused-ring (bicyclic) bond motifs is 7. The van der Waals surface area contributed by atoms with Crippen LogP contribution >= 0.6 is 0 Å². The Labute approximate surface area is 386 Å². The molecule has 4 heterocycles. The van der Waals surface area contributed by atoms with Gasteiger partial charge in [-0.25, -0.2) is 0 Å². The highest BCUT2D eigenvalue weighted by Crippen LogP contribution is 2.76. The average molecular weight is 938 g/mol. The number of aliphatic hydroxyl groups is 8. The summed E-state index contributed by atoms with van der Waals surface area (Å²) in [6, 6.07) is -1.15. The Morgan fingerprint density at radius 2 is 1.45 bits per heavy atom. The third kappa shape index (κ3) is 7.31. The Morgan fingerprint density at radius 3 is 2.15 bits per heavy atom. The number of esters is 1. The smallest absolute Gasteiger partial charge is 0.315 e. The summed E-state index contributed by atoms with van der Waals surface area (Å²) in [4.78, 5) is 26.3. The topological polar surface area (TPSA) is 273 Å². The van der Waals surface area contributed by atoms with Gasteiger partial charge < -0.3 is 79.3 Å².